The van der Waals surface area contributed by atoms with Crippen LogP contribution in [-0.4, -0.2) is 63.0 Å². The van der Waals surface area contributed by atoms with Crippen LogP contribution in [0.1, 0.15) is 41.4 Å². The van der Waals surface area contributed by atoms with Gasteiger partial charge in [-0.2, -0.15) is 5.10 Å². The van der Waals surface area contributed by atoms with Crippen LogP contribution in [-0.2, 0) is 6.54 Å². The molecule has 0 spiro atoms. The van der Waals surface area contributed by atoms with Crippen molar-refractivity contribution >= 4 is 11.6 Å². The molecular formula is C22H28N6O. The number of aromatic nitrogens is 3. The maximum atomic E-state index is 13.2. The third kappa shape index (κ3) is 4.16. The lowest BCUT2D eigenvalue weighted by Crippen LogP contribution is -2.48. The van der Waals surface area contributed by atoms with Crippen molar-refractivity contribution in [2.45, 2.75) is 26.4 Å². The van der Waals surface area contributed by atoms with Gasteiger partial charge in [0.05, 0.1) is 6.20 Å². The predicted octanol–water partition coefficient (Wildman–Crippen LogP) is 2.36. The number of carbonyl (C=O) groups is 1. The van der Waals surface area contributed by atoms with Crippen LogP contribution in [0, 0.1) is 0 Å². The van der Waals surface area contributed by atoms with Gasteiger partial charge in [-0.05, 0) is 18.7 Å². The van der Waals surface area contributed by atoms with E-state index >= 15 is 0 Å². The van der Waals surface area contributed by atoms with Crippen molar-refractivity contribution in [1.29, 1.82) is 0 Å². The summed E-state index contributed by atoms with van der Waals surface area (Å²) in [4.78, 5) is 22.0. The van der Waals surface area contributed by atoms with Crippen LogP contribution in [0.25, 0.3) is 5.65 Å². The van der Waals surface area contributed by atoms with Crippen molar-refractivity contribution in [3.05, 3.63) is 65.6 Å². The highest BCUT2D eigenvalue weighted by atomic mass is 16.2. The molecule has 29 heavy (non-hydrogen) atoms. The standard InChI is InChI=1S/C22H28N6O/c1-3-26(4-2)14-17-12-24-21-19(13-25-28(21)15-17)22(29)27-11-10-23-20(16-27)18-8-6-5-7-9-18/h5-9,12-13,15,20,23H,3-4,10-11,14,16H2,1-2H3/t20-/m1/s1. The number of rotatable bonds is 6. The summed E-state index contributed by atoms with van der Waals surface area (Å²) >= 11 is 0. The first-order valence-electron chi connectivity index (χ1n) is 10.3. The van der Waals surface area contributed by atoms with Crippen molar-refractivity contribution < 1.29 is 4.79 Å². The molecule has 0 radical (unpaired) electrons. The van der Waals surface area contributed by atoms with E-state index in [-0.39, 0.29) is 11.9 Å². The van der Waals surface area contributed by atoms with Gasteiger partial charge in [0.2, 0.25) is 0 Å². The minimum atomic E-state index is -0.00794. The molecule has 3 aromatic rings. The fourth-order valence-electron chi connectivity index (χ4n) is 3.86. The fraction of sp³-hybridized carbons (Fsp3) is 0.409. The van der Waals surface area contributed by atoms with Gasteiger partial charge in [0, 0.05) is 50.2 Å². The summed E-state index contributed by atoms with van der Waals surface area (Å²) in [5, 5.41) is 7.91. The minimum absolute atomic E-state index is 0.00794. The predicted molar refractivity (Wildman–Crippen MR) is 113 cm³/mol. The van der Waals surface area contributed by atoms with Crippen LogP contribution in [0.2, 0.25) is 0 Å². The number of piperazine rings is 1. The molecule has 1 aromatic carbocycles. The van der Waals surface area contributed by atoms with E-state index < -0.39 is 0 Å². The quantitative estimate of drug-likeness (QED) is 0.698. The van der Waals surface area contributed by atoms with Gasteiger partial charge >= 0.3 is 0 Å². The first-order chi connectivity index (χ1) is 14.2. The van der Waals surface area contributed by atoms with Crippen LogP contribution >= 0.6 is 0 Å². The Morgan fingerprint density at radius 2 is 2.00 bits per heavy atom. The van der Waals surface area contributed by atoms with E-state index in [0.29, 0.717) is 24.3 Å². The van der Waals surface area contributed by atoms with Crippen LogP contribution < -0.4 is 5.32 Å². The summed E-state index contributed by atoms with van der Waals surface area (Å²) in [6, 6.07) is 10.4. The second-order valence-corrected chi connectivity index (χ2v) is 7.42. The van der Waals surface area contributed by atoms with Gasteiger partial charge in [0.25, 0.3) is 5.91 Å². The number of hydrogen-bond acceptors (Lipinski definition) is 5. The summed E-state index contributed by atoms with van der Waals surface area (Å²) in [6.07, 6.45) is 5.48. The number of carbonyl (C=O) groups excluding carboxylic acids is 1. The van der Waals surface area contributed by atoms with E-state index in [1.54, 1.807) is 10.7 Å². The average molecular weight is 393 g/mol. The fourth-order valence-corrected chi connectivity index (χ4v) is 3.86. The Labute approximate surface area is 171 Å². The summed E-state index contributed by atoms with van der Waals surface area (Å²) in [6.45, 7) is 9.19. The monoisotopic (exact) mass is 392 g/mol. The van der Waals surface area contributed by atoms with Crippen molar-refractivity contribution in [2.75, 3.05) is 32.7 Å². The second kappa shape index (κ2) is 8.71. The van der Waals surface area contributed by atoms with E-state index in [4.69, 9.17) is 0 Å². The van der Waals surface area contributed by atoms with Crippen molar-refractivity contribution in [3.63, 3.8) is 0 Å². The molecule has 7 heteroatoms. The molecule has 3 heterocycles. The summed E-state index contributed by atoms with van der Waals surface area (Å²) < 4.78 is 1.73. The molecule has 1 aliphatic heterocycles. The topological polar surface area (TPSA) is 65.8 Å². The highest BCUT2D eigenvalue weighted by Gasteiger charge is 2.27. The van der Waals surface area contributed by atoms with Gasteiger partial charge in [-0.25, -0.2) is 9.50 Å². The zero-order valence-electron chi connectivity index (χ0n) is 17.1. The molecule has 0 saturated carbocycles. The summed E-state index contributed by atoms with van der Waals surface area (Å²) in [7, 11) is 0. The molecule has 2 aromatic heterocycles. The minimum Gasteiger partial charge on any atom is -0.335 e. The van der Waals surface area contributed by atoms with Gasteiger partial charge in [-0.3, -0.25) is 9.69 Å². The summed E-state index contributed by atoms with van der Waals surface area (Å²) in [5.74, 6) is -0.00794. The Kier molecular flexibility index (Phi) is 5.87. The van der Waals surface area contributed by atoms with Crippen LogP contribution in [0.3, 0.4) is 0 Å². The Balaban J connectivity index is 1.52. The summed E-state index contributed by atoms with van der Waals surface area (Å²) in [5.41, 5.74) is 3.47. The number of nitrogens with zero attached hydrogens (tertiary/aromatic N) is 5. The van der Waals surface area contributed by atoms with E-state index in [1.165, 1.54) is 5.56 Å². The molecule has 0 aliphatic carbocycles. The third-order valence-corrected chi connectivity index (χ3v) is 5.61. The molecule has 0 bridgehead atoms. The van der Waals surface area contributed by atoms with Crippen LogP contribution in [0.15, 0.2) is 48.9 Å². The number of benzene rings is 1. The maximum Gasteiger partial charge on any atom is 0.259 e. The van der Waals surface area contributed by atoms with Crippen molar-refractivity contribution in [1.82, 2.24) is 29.7 Å². The lowest BCUT2D eigenvalue weighted by atomic mass is 10.0. The Hall–Kier alpha value is -2.77. The highest BCUT2D eigenvalue weighted by molar-refractivity contribution is 5.99. The molecule has 1 amide bonds. The number of hydrogen-bond donors (Lipinski definition) is 1. The van der Waals surface area contributed by atoms with Gasteiger partial charge in [0.15, 0.2) is 5.65 Å². The number of amides is 1. The Morgan fingerprint density at radius 1 is 1.21 bits per heavy atom. The SMILES string of the molecule is CCN(CC)Cc1cnc2c(C(=O)N3CCN[C@@H](c4ccccc4)C3)cnn2c1. The van der Waals surface area contributed by atoms with Gasteiger partial charge in [-0.1, -0.05) is 44.2 Å². The molecule has 1 saturated heterocycles. The molecule has 1 atom stereocenters. The first-order valence-corrected chi connectivity index (χ1v) is 10.3. The zero-order valence-corrected chi connectivity index (χ0v) is 17.1. The molecule has 7 nitrogen and oxygen atoms in total. The molecular weight excluding hydrogens is 364 g/mol. The molecule has 152 valence electrons. The van der Waals surface area contributed by atoms with Crippen LogP contribution in [0.4, 0.5) is 0 Å². The molecule has 1 fully saturated rings. The normalized spacial score (nSPS) is 17.2. The smallest absolute Gasteiger partial charge is 0.259 e. The molecule has 4 rings (SSSR count). The second-order valence-electron chi connectivity index (χ2n) is 7.42. The first kappa shape index (κ1) is 19.5. The van der Waals surface area contributed by atoms with E-state index in [1.807, 2.05) is 35.5 Å². The van der Waals surface area contributed by atoms with E-state index in [0.717, 1.165) is 31.7 Å². The Bertz CT molecular complexity index is 966. The maximum absolute atomic E-state index is 13.2. The van der Waals surface area contributed by atoms with Gasteiger partial charge in [0.1, 0.15) is 5.56 Å². The van der Waals surface area contributed by atoms with E-state index in [9.17, 15) is 4.79 Å². The molecule has 1 aliphatic rings. The van der Waals surface area contributed by atoms with Crippen molar-refractivity contribution in [3.8, 4) is 0 Å². The lowest BCUT2D eigenvalue weighted by molar-refractivity contribution is 0.0704. The van der Waals surface area contributed by atoms with Gasteiger partial charge in [-0.15, -0.1) is 0 Å². The molecule has 1 N–H and O–H groups in total. The Morgan fingerprint density at radius 3 is 2.76 bits per heavy atom. The largest absolute Gasteiger partial charge is 0.335 e. The lowest BCUT2D eigenvalue weighted by Gasteiger charge is -2.33. The average Bonchev–Trinajstić information content (AvgIpc) is 3.21. The van der Waals surface area contributed by atoms with E-state index in [2.05, 4.69) is 46.3 Å². The number of fused-ring (bicyclic) bond motifs is 1. The zero-order chi connectivity index (χ0) is 20.2. The van der Waals surface area contributed by atoms with Gasteiger partial charge < -0.3 is 10.2 Å². The van der Waals surface area contributed by atoms with Crippen LogP contribution in [0.5, 0.6) is 0 Å². The van der Waals surface area contributed by atoms with Crippen molar-refractivity contribution in [2.24, 2.45) is 0 Å². The number of nitrogens with one attached hydrogen (secondary N) is 1. The highest BCUT2D eigenvalue weighted by Crippen LogP contribution is 2.20. The third-order valence-electron chi connectivity index (χ3n) is 5.61. The molecule has 0 unspecified atom stereocenters.